The molecular formula is C23H31N5O2S2. The van der Waals surface area contributed by atoms with Gasteiger partial charge in [0.15, 0.2) is 0 Å². The number of piperazine rings is 1. The number of thioether (sulfide) groups is 1. The van der Waals surface area contributed by atoms with Gasteiger partial charge in [-0.15, -0.1) is 0 Å². The Morgan fingerprint density at radius 2 is 1.75 bits per heavy atom. The maximum atomic E-state index is 13.2. The molecule has 0 bridgehead atoms. The van der Waals surface area contributed by atoms with Gasteiger partial charge in [0.05, 0.1) is 4.91 Å². The summed E-state index contributed by atoms with van der Waals surface area (Å²) in [4.78, 5) is 33.0. The molecule has 3 rings (SSSR count). The summed E-state index contributed by atoms with van der Waals surface area (Å²) in [7, 11) is 0. The summed E-state index contributed by atoms with van der Waals surface area (Å²) in [6.07, 6.45) is 3.44. The zero-order valence-corrected chi connectivity index (χ0v) is 20.9. The van der Waals surface area contributed by atoms with E-state index in [9.17, 15) is 14.9 Å². The molecule has 7 nitrogen and oxygen atoms in total. The van der Waals surface area contributed by atoms with Crippen molar-refractivity contribution in [2.45, 2.75) is 47.1 Å². The second-order valence-corrected chi connectivity index (χ2v) is 9.74. The molecule has 9 heteroatoms. The Balaban J connectivity index is 2.19. The van der Waals surface area contributed by atoms with Crippen molar-refractivity contribution in [3.05, 3.63) is 31.9 Å². The molecule has 3 heterocycles. The number of aromatic nitrogens is 1. The molecule has 0 N–H and O–H groups in total. The molecule has 32 heavy (non-hydrogen) atoms. The third kappa shape index (κ3) is 4.63. The average Bonchev–Trinajstić information content (AvgIpc) is 3.05. The first-order valence-electron chi connectivity index (χ1n) is 11.3. The smallest absolute Gasteiger partial charge is 0.270 e. The molecule has 0 spiro atoms. The normalized spacial score (nSPS) is 18.7. The van der Waals surface area contributed by atoms with Crippen molar-refractivity contribution in [3.63, 3.8) is 0 Å². The molecule has 0 atom stereocenters. The van der Waals surface area contributed by atoms with Gasteiger partial charge in [-0.05, 0) is 37.9 Å². The first kappa shape index (κ1) is 24.5. The average molecular weight is 474 g/mol. The number of thiocarbonyl (C=S) groups is 1. The third-order valence-electron chi connectivity index (χ3n) is 6.01. The number of likely N-dealkylation sites (N-methyl/N-ethyl adjacent to an activating group) is 1. The molecule has 2 fully saturated rings. The van der Waals surface area contributed by atoms with Crippen LogP contribution >= 0.6 is 24.0 Å². The molecule has 0 aromatic carbocycles. The molecule has 172 valence electrons. The Labute approximate surface area is 199 Å². The van der Waals surface area contributed by atoms with Crippen molar-refractivity contribution in [3.8, 4) is 6.07 Å². The SMILES string of the molecule is CCCN1C(=O)/C(=C\c2c(C)c(C#N)c(=O)n(CCC)c2N2CCN(CC)CC2)SC1=S. The molecule has 0 saturated carbocycles. The van der Waals surface area contributed by atoms with E-state index in [1.54, 1.807) is 16.4 Å². The molecule has 0 unspecified atom stereocenters. The van der Waals surface area contributed by atoms with Gasteiger partial charge < -0.3 is 9.80 Å². The summed E-state index contributed by atoms with van der Waals surface area (Å²) in [5, 5.41) is 9.75. The van der Waals surface area contributed by atoms with E-state index in [4.69, 9.17) is 12.2 Å². The largest absolute Gasteiger partial charge is 0.355 e. The van der Waals surface area contributed by atoms with Gasteiger partial charge in [0.2, 0.25) is 0 Å². The maximum Gasteiger partial charge on any atom is 0.270 e. The Morgan fingerprint density at radius 3 is 2.31 bits per heavy atom. The number of pyridine rings is 1. The fraction of sp³-hybridized carbons (Fsp3) is 0.565. The molecule has 1 aromatic heterocycles. The Kier molecular flexibility index (Phi) is 8.15. The summed E-state index contributed by atoms with van der Waals surface area (Å²) in [6.45, 7) is 13.5. The van der Waals surface area contributed by atoms with Gasteiger partial charge in [0, 0.05) is 44.8 Å². The van der Waals surface area contributed by atoms with Gasteiger partial charge >= 0.3 is 0 Å². The van der Waals surface area contributed by atoms with E-state index < -0.39 is 0 Å². The van der Waals surface area contributed by atoms with E-state index in [2.05, 4.69) is 22.8 Å². The summed E-state index contributed by atoms with van der Waals surface area (Å²) >= 11 is 6.73. The Morgan fingerprint density at radius 1 is 1.09 bits per heavy atom. The van der Waals surface area contributed by atoms with Crippen LogP contribution in [0.2, 0.25) is 0 Å². The molecule has 2 saturated heterocycles. The zero-order valence-electron chi connectivity index (χ0n) is 19.3. The van der Waals surface area contributed by atoms with Crippen molar-refractivity contribution < 1.29 is 4.79 Å². The number of nitrogens with zero attached hydrogens (tertiary/aromatic N) is 5. The minimum absolute atomic E-state index is 0.102. The topological polar surface area (TPSA) is 72.6 Å². The highest BCUT2D eigenvalue weighted by molar-refractivity contribution is 8.26. The first-order chi connectivity index (χ1) is 15.4. The minimum atomic E-state index is -0.254. The number of amides is 1. The van der Waals surface area contributed by atoms with E-state index >= 15 is 0 Å². The number of hydrogen-bond donors (Lipinski definition) is 0. The predicted molar refractivity (Wildman–Crippen MR) is 135 cm³/mol. The predicted octanol–water partition coefficient (Wildman–Crippen LogP) is 3.19. The fourth-order valence-electron chi connectivity index (χ4n) is 4.24. The van der Waals surface area contributed by atoms with Crippen LogP contribution in [0.15, 0.2) is 9.70 Å². The molecule has 1 aromatic rings. The van der Waals surface area contributed by atoms with Crippen LogP contribution in [0.1, 0.15) is 50.3 Å². The van der Waals surface area contributed by atoms with Crippen LogP contribution < -0.4 is 10.5 Å². The van der Waals surface area contributed by atoms with E-state index in [-0.39, 0.29) is 17.0 Å². The van der Waals surface area contributed by atoms with E-state index in [0.29, 0.717) is 27.9 Å². The standard InChI is InChI=1S/C23H31N5O2S2/c1-5-8-27-20(26-12-10-25(7-3)11-13-26)17(16(4)18(15-24)21(27)29)14-19-22(30)28(9-6-2)23(31)32-19/h14H,5-13H2,1-4H3/b19-14+. The van der Waals surface area contributed by atoms with Crippen LogP contribution in [0.4, 0.5) is 5.82 Å². The lowest BCUT2D eigenvalue weighted by molar-refractivity contribution is -0.122. The minimum Gasteiger partial charge on any atom is -0.355 e. The lowest BCUT2D eigenvalue weighted by Gasteiger charge is -2.37. The molecular weight excluding hydrogens is 442 g/mol. The molecule has 0 aliphatic carbocycles. The van der Waals surface area contributed by atoms with Crippen molar-refractivity contribution >= 4 is 46.1 Å². The van der Waals surface area contributed by atoms with Crippen LogP contribution in [0.5, 0.6) is 0 Å². The van der Waals surface area contributed by atoms with Gasteiger partial charge in [-0.25, -0.2) is 0 Å². The maximum absolute atomic E-state index is 13.2. The Hall–Kier alpha value is -2.15. The quantitative estimate of drug-likeness (QED) is 0.445. The molecule has 2 aliphatic rings. The number of anilines is 1. The molecule has 0 radical (unpaired) electrons. The number of rotatable bonds is 7. The van der Waals surface area contributed by atoms with Crippen LogP contribution in [0, 0.1) is 18.3 Å². The van der Waals surface area contributed by atoms with Crippen LogP contribution in [-0.4, -0.2) is 63.9 Å². The number of carbonyl (C=O) groups is 1. The fourth-order valence-corrected chi connectivity index (χ4v) is 5.53. The van der Waals surface area contributed by atoms with Gasteiger partial charge in [-0.2, -0.15) is 5.26 Å². The van der Waals surface area contributed by atoms with Crippen molar-refractivity contribution in [2.75, 3.05) is 44.2 Å². The second-order valence-electron chi connectivity index (χ2n) is 8.06. The van der Waals surface area contributed by atoms with Gasteiger partial charge in [-0.1, -0.05) is 44.8 Å². The summed E-state index contributed by atoms with van der Waals surface area (Å²) in [5.74, 6) is 0.708. The van der Waals surface area contributed by atoms with Crippen LogP contribution in [0.25, 0.3) is 6.08 Å². The van der Waals surface area contributed by atoms with Crippen molar-refractivity contribution in [1.29, 1.82) is 5.26 Å². The van der Waals surface area contributed by atoms with Crippen molar-refractivity contribution in [2.24, 2.45) is 0 Å². The van der Waals surface area contributed by atoms with E-state index in [0.717, 1.165) is 56.9 Å². The highest BCUT2D eigenvalue weighted by Gasteiger charge is 2.33. The lowest BCUT2D eigenvalue weighted by Crippen LogP contribution is -2.48. The van der Waals surface area contributed by atoms with Crippen LogP contribution in [0.3, 0.4) is 0 Å². The van der Waals surface area contributed by atoms with Gasteiger partial charge in [-0.3, -0.25) is 19.1 Å². The summed E-state index contributed by atoms with van der Waals surface area (Å²) < 4.78 is 2.28. The Bertz CT molecular complexity index is 1030. The monoisotopic (exact) mass is 473 g/mol. The number of carbonyl (C=O) groups excluding carboxylic acids is 1. The molecule has 1 amide bonds. The van der Waals surface area contributed by atoms with Gasteiger partial charge in [0.1, 0.15) is 21.8 Å². The second kappa shape index (κ2) is 10.6. The van der Waals surface area contributed by atoms with E-state index in [1.807, 2.05) is 19.9 Å². The first-order valence-corrected chi connectivity index (χ1v) is 12.5. The lowest BCUT2D eigenvalue weighted by atomic mass is 10.0. The summed E-state index contributed by atoms with van der Waals surface area (Å²) in [6, 6.07) is 2.11. The van der Waals surface area contributed by atoms with Crippen LogP contribution in [-0.2, 0) is 11.3 Å². The molecule has 2 aliphatic heterocycles. The zero-order chi connectivity index (χ0) is 23.4. The number of nitriles is 1. The number of hydrogen-bond acceptors (Lipinski definition) is 7. The third-order valence-corrected chi connectivity index (χ3v) is 7.39. The van der Waals surface area contributed by atoms with Crippen molar-refractivity contribution in [1.82, 2.24) is 14.4 Å². The highest BCUT2D eigenvalue weighted by Crippen LogP contribution is 2.36. The highest BCUT2D eigenvalue weighted by atomic mass is 32.2. The summed E-state index contributed by atoms with van der Waals surface area (Å²) in [5.41, 5.74) is 1.29. The van der Waals surface area contributed by atoms with E-state index in [1.165, 1.54) is 11.8 Å². The van der Waals surface area contributed by atoms with Gasteiger partial charge in [0.25, 0.3) is 11.5 Å².